The molecule has 2 aromatic carbocycles. The van der Waals surface area contributed by atoms with E-state index in [9.17, 15) is 14.4 Å². The van der Waals surface area contributed by atoms with Gasteiger partial charge in [0.1, 0.15) is 4.53 Å². The molecule has 0 spiro atoms. The number of hydrogen-bond acceptors (Lipinski definition) is 8. The zero-order valence-electron chi connectivity index (χ0n) is 21.6. The van der Waals surface area contributed by atoms with Gasteiger partial charge in [-0.25, -0.2) is 9.79 Å². The fraction of sp³-hybridized carbons (Fsp3) is 0.259. The lowest BCUT2D eigenvalue weighted by Crippen LogP contribution is -2.41. The number of rotatable bonds is 5. The number of ether oxygens (including phenoxy) is 3. The van der Waals surface area contributed by atoms with Crippen molar-refractivity contribution in [2.75, 3.05) is 32.8 Å². The smallest absolute Gasteiger partial charge is 0.338 e. The highest BCUT2D eigenvalue weighted by molar-refractivity contribution is 9.10. The summed E-state index contributed by atoms with van der Waals surface area (Å²) < 4.78 is 19.4. The van der Waals surface area contributed by atoms with Gasteiger partial charge < -0.3 is 19.1 Å². The number of nitrogens with zero attached hydrogens (tertiary/aromatic N) is 3. The van der Waals surface area contributed by atoms with E-state index in [4.69, 9.17) is 14.2 Å². The van der Waals surface area contributed by atoms with Crippen LogP contribution >= 0.6 is 43.2 Å². The standard InChI is InChI=1S/C27H23Br2N3O6S/c1-6-38-26(35)20-12(2)30-27-32(22(20)14-10-18(36-4)19(37-5)11-16(14)29)25(34)23(39-27)21-15-9-13(28)7-8-17(15)31(3)24(21)33/h7-11,22H,6H2,1-5H3/b23-21-/t22-/m0/s1. The van der Waals surface area contributed by atoms with Crippen LogP contribution in [0.15, 0.2) is 60.3 Å². The minimum atomic E-state index is -0.903. The van der Waals surface area contributed by atoms with E-state index < -0.39 is 17.6 Å². The number of esters is 1. The number of likely N-dealkylation sites (N-methyl/N-ethyl adjacent to an activating group) is 1. The molecule has 0 radical (unpaired) electrons. The fourth-order valence-electron chi connectivity index (χ4n) is 4.83. The topological polar surface area (TPSA) is 99.4 Å². The normalized spacial score (nSPS) is 17.6. The number of carbonyl (C=O) groups excluding carboxylic acids is 2. The van der Waals surface area contributed by atoms with Crippen molar-refractivity contribution in [3.05, 3.63) is 81.4 Å². The quantitative estimate of drug-likeness (QED) is 0.383. The van der Waals surface area contributed by atoms with Crippen LogP contribution in [0.25, 0.3) is 5.57 Å². The molecule has 1 aromatic heterocycles. The molecule has 202 valence electrons. The van der Waals surface area contributed by atoms with Crippen molar-refractivity contribution in [3.63, 3.8) is 0 Å². The number of aromatic nitrogens is 1. The highest BCUT2D eigenvalue weighted by Crippen LogP contribution is 2.41. The second-order valence-electron chi connectivity index (χ2n) is 8.75. The second kappa shape index (κ2) is 10.4. The zero-order chi connectivity index (χ0) is 28.2. The van der Waals surface area contributed by atoms with Crippen molar-refractivity contribution in [3.8, 4) is 11.5 Å². The minimum absolute atomic E-state index is 0.149. The van der Waals surface area contributed by atoms with E-state index in [-0.39, 0.29) is 22.6 Å². The third-order valence-electron chi connectivity index (χ3n) is 6.62. The summed E-state index contributed by atoms with van der Waals surface area (Å²) in [6.07, 6.45) is 0. The molecule has 0 unspecified atom stereocenters. The molecule has 2 aliphatic heterocycles. The number of benzene rings is 2. The Bertz CT molecular complexity index is 1770. The molecule has 0 bridgehead atoms. The minimum Gasteiger partial charge on any atom is -0.493 e. The monoisotopic (exact) mass is 675 g/mol. The summed E-state index contributed by atoms with van der Waals surface area (Å²) in [4.78, 5) is 47.4. The van der Waals surface area contributed by atoms with Crippen LogP contribution in [0.2, 0.25) is 0 Å². The van der Waals surface area contributed by atoms with Gasteiger partial charge >= 0.3 is 5.97 Å². The largest absolute Gasteiger partial charge is 0.493 e. The SMILES string of the molecule is CCOC(=O)C1=C(C)N=c2s/c(=C3\C(=O)N(C)c4ccc(Br)cc43)c(=O)n2[C@H]1c1cc(OC)c(OC)cc1Br. The lowest BCUT2D eigenvalue weighted by atomic mass is 9.95. The van der Waals surface area contributed by atoms with Gasteiger partial charge in [-0.05, 0) is 49.7 Å². The van der Waals surface area contributed by atoms with E-state index in [2.05, 4.69) is 36.9 Å². The zero-order valence-corrected chi connectivity index (χ0v) is 25.6. The van der Waals surface area contributed by atoms with Crippen LogP contribution in [-0.2, 0) is 14.3 Å². The van der Waals surface area contributed by atoms with Gasteiger partial charge in [0, 0.05) is 21.6 Å². The summed E-state index contributed by atoms with van der Waals surface area (Å²) in [6, 6.07) is 8.02. The third-order valence-corrected chi connectivity index (χ3v) is 8.86. The van der Waals surface area contributed by atoms with Crippen molar-refractivity contribution in [2.45, 2.75) is 19.9 Å². The van der Waals surface area contributed by atoms with Crippen molar-refractivity contribution in [1.29, 1.82) is 0 Å². The van der Waals surface area contributed by atoms with Crippen LogP contribution in [-0.4, -0.2) is 44.3 Å². The molecular weight excluding hydrogens is 654 g/mol. The first-order valence-electron chi connectivity index (χ1n) is 11.8. The molecule has 9 nitrogen and oxygen atoms in total. The van der Waals surface area contributed by atoms with Gasteiger partial charge in [-0.2, -0.15) is 0 Å². The van der Waals surface area contributed by atoms with Gasteiger partial charge in [0.15, 0.2) is 16.3 Å². The van der Waals surface area contributed by atoms with E-state index >= 15 is 0 Å². The number of allylic oxidation sites excluding steroid dienone is 1. The lowest BCUT2D eigenvalue weighted by molar-refractivity contribution is -0.139. The number of halogens is 2. The predicted octanol–water partition coefficient (Wildman–Crippen LogP) is 3.69. The van der Waals surface area contributed by atoms with Crippen LogP contribution in [0.3, 0.4) is 0 Å². The summed E-state index contributed by atoms with van der Waals surface area (Å²) >= 11 is 8.18. The van der Waals surface area contributed by atoms with Crippen LogP contribution in [0.1, 0.15) is 31.0 Å². The summed E-state index contributed by atoms with van der Waals surface area (Å²) in [5.41, 5.74) is 2.40. The molecule has 3 aromatic rings. The maximum absolute atomic E-state index is 14.2. The van der Waals surface area contributed by atoms with E-state index in [1.54, 1.807) is 33.0 Å². The van der Waals surface area contributed by atoms with Crippen LogP contribution in [0, 0.1) is 0 Å². The Labute approximate surface area is 244 Å². The number of anilines is 1. The molecule has 3 heterocycles. The Morgan fingerprint density at radius 2 is 1.79 bits per heavy atom. The number of fused-ring (bicyclic) bond motifs is 2. The first kappa shape index (κ1) is 27.4. The molecule has 2 aliphatic rings. The average molecular weight is 677 g/mol. The Hall–Kier alpha value is -3.22. The lowest BCUT2D eigenvalue weighted by Gasteiger charge is -2.26. The fourth-order valence-corrected chi connectivity index (χ4v) is 6.87. The summed E-state index contributed by atoms with van der Waals surface area (Å²) in [6.45, 7) is 3.57. The Balaban J connectivity index is 1.87. The van der Waals surface area contributed by atoms with Gasteiger partial charge in [-0.3, -0.25) is 14.2 Å². The Kier molecular flexibility index (Phi) is 7.29. The molecular formula is C27H23Br2N3O6S. The van der Waals surface area contributed by atoms with E-state index in [0.29, 0.717) is 48.9 Å². The van der Waals surface area contributed by atoms with Crippen molar-refractivity contribution < 1.29 is 23.8 Å². The van der Waals surface area contributed by atoms with Crippen molar-refractivity contribution >= 4 is 66.3 Å². The van der Waals surface area contributed by atoms with E-state index in [1.807, 2.05) is 18.2 Å². The molecule has 0 saturated carbocycles. The summed E-state index contributed by atoms with van der Waals surface area (Å²) in [5.74, 6) is 0.0145. The highest BCUT2D eigenvalue weighted by atomic mass is 79.9. The van der Waals surface area contributed by atoms with E-state index in [1.165, 1.54) is 23.7 Å². The molecule has 1 atom stereocenters. The van der Waals surface area contributed by atoms with Crippen molar-refractivity contribution in [1.82, 2.24) is 4.57 Å². The van der Waals surface area contributed by atoms with Gasteiger partial charge in [-0.1, -0.05) is 43.2 Å². The first-order valence-corrected chi connectivity index (χ1v) is 14.2. The number of thiazole rings is 1. The van der Waals surface area contributed by atoms with Crippen molar-refractivity contribution in [2.24, 2.45) is 4.99 Å². The number of carbonyl (C=O) groups is 2. The Morgan fingerprint density at radius 1 is 1.10 bits per heavy atom. The maximum Gasteiger partial charge on any atom is 0.338 e. The highest BCUT2D eigenvalue weighted by Gasteiger charge is 2.37. The third kappa shape index (κ3) is 4.34. The molecule has 12 heteroatoms. The predicted molar refractivity (Wildman–Crippen MR) is 154 cm³/mol. The maximum atomic E-state index is 14.2. The Morgan fingerprint density at radius 3 is 2.46 bits per heavy atom. The first-order chi connectivity index (χ1) is 18.6. The second-order valence-corrected chi connectivity index (χ2v) is 11.5. The van der Waals surface area contributed by atoms with Gasteiger partial charge in [0.25, 0.3) is 11.5 Å². The molecule has 0 N–H and O–H groups in total. The number of methoxy groups -OCH3 is 2. The van der Waals surface area contributed by atoms with Gasteiger partial charge in [-0.15, -0.1) is 0 Å². The number of amides is 1. The molecule has 0 saturated heterocycles. The molecule has 39 heavy (non-hydrogen) atoms. The van der Waals surface area contributed by atoms with Gasteiger partial charge in [0.05, 0.1) is 49.4 Å². The molecule has 0 aliphatic carbocycles. The molecule has 0 fully saturated rings. The van der Waals surface area contributed by atoms with E-state index in [0.717, 1.165) is 15.8 Å². The van der Waals surface area contributed by atoms with Gasteiger partial charge in [0.2, 0.25) is 0 Å². The van der Waals surface area contributed by atoms with Crippen LogP contribution < -0.4 is 29.3 Å². The summed E-state index contributed by atoms with van der Waals surface area (Å²) in [5, 5.41) is 0. The number of hydrogen-bond donors (Lipinski definition) is 0. The van der Waals surface area contributed by atoms with Crippen LogP contribution in [0.5, 0.6) is 11.5 Å². The van der Waals surface area contributed by atoms with Crippen LogP contribution in [0.4, 0.5) is 5.69 Å². The molecule has 5 rings (SSSR count). The summed E-state index contributed by atoms with van der Waals surface area (Å²) in [7, 11) is 4.70. The molecule has 1 amide bonds. The average Bonchev–Trinajstić information content (AvgIpc) is 3.34.